The van der Waals surface area contributed by atoms with Crippen molar-refractivity contribution in [1.29, 1.82) is 0 Å². The van der Waals surface area contributed by atoms with E-state index in [4.69, 9.17) is 4.42 Å². The fourth-order valence-electron chi connectivity index (χ4n) is 3.16. The zero-order chi connectivity index (χ0) is 18.5. The Morgan fingerprint density at radius 1 is 1.35 bits per heavy atom. The van der Waals surface area contributed by atoms with Crippen molar-refractivity contribution < 1.29 is 18.0 Å². The lowest BCUT2D eigenvalue weighted by Crippen LogP contribution is -2.41. The molecule has 1 aliphatic rings. The van der Waals surface area contributed by atoms with E-state index in [0.717, 1.165) is 5.56 Å². The van der Waals surface area contributed by atoms with Gasteiger partial charge in [-0.3, -0.25) is 4.79 Å². The van der Waals surface area contributed by atoms with Crippen LogP contribution in [0.4, 0.5) is 14.8 Å². The number of amides is 1. The molecule has 1 amide bonds. The Bertz CT molecular complexity index is 723. The monoisotopic (exact) mass is 364 g/mol. The van der Waals surface area contributed by atoms with Crippen LogP contribution in [0.1, 0.15) is 26.2 Å². The van der Waals surface area contributed by atoms with Crippen LogP contribution in [0, 0.1) is 5.92 Å². The van der Waals surface area contributed by atoms with Crippen molar-refractivity contribution in [1.82, 2.24) is 15.1 Å². The van der Waals surface area contributed by atoms with Gasteiger partial charge in [0.1, 0.15) is 6.04 Å². The van der Waals surface area contributed by atoms with Gasteiger partial charge in [-0.05, 0) is 30.9 Å². The fourth-order valence-corrected chi connectivity index (χ4v) is 3.16. The molecule has 2 unspecified atom stereocenters. The Morgan fingerprint density at radius 2 is 2.12 bits per heavy atom. The maximum atomic E-state index is 12.7. The zero-order valence-corrected chi connectivity index (χ0v) is 14.6. The summed E-state index contributed by atoms with van der Waals surface area (Å²) in [5.41, 5.74) is 0.793. The minimum absolute atomic E-state index is 0.122. The lowest BCUT2D eigenvalue weighted by molar-refractivity contribution is -0.131. The number of rotatable bonds is 7. The Labute approximate surface area is 150 Å². The van der Waals surface area contributed by atoms with Crippen molar-refractivity contribution in [2.45, 2.75) is 38.7 Å². The average molecular weight is 364 g/mol. The van der Waals surface area contributed by atoms with Gasteiger partial charge in [0, 0.05) is 25.1 Å². The van der Waals surface area contributed by atoms with Gasteiger partial charge in [-0.15, -0.1) is 5.10 Å². The molecule has 0 spiro atoms. The molecule has 1 aromatic carbocycles. The number of likely N-dealkylation sites (tertiary alicyclic amines) is 1. The highest BCUT2D eigenvalue weighted by Crippen LogP contribution is 2.25. The molecule has 2 aromatic rings. The van der Waals surface area contributed by atoms with Crippen molar-refractivity contribution in [3.8, 4) is 11.5 Å². The molecule has 1 aromatic heterocycles. The summed E-state index contributed by atoms with van der Waals surface area (Å²) in [5, 5.41) is 10.9. The van der Waals surface area contributed by atoms with Crippen LogP contribution in [-0.4, -0.2) is 46.6 Å². The van der Waals surface area contributed by atoms with Gasteiger partial charge in [-0.25, -0.2) is 8.78 Å². The highest BCUT2D eigenvalue weighted by atomic mass is 19.3. The molecular weight excluding hydrogens is 342 g/mol. The molecule has 8 heteroatoms. The summed E-state index contributed by atoms with van der Waals surface area (Å²) in [4.78, 5) is 14.3. The number of carbonyl (C=O) groups is 1. The maximum Gasteiger partial charge on any atom is 0.316 e. The number of benzene rings is 1. The van der Waals surface area contributed by atoms with Crippen LogP contribution >= 0.6 is 0 Å². The summed E-state index contributed by atoms with van der Waals surface area (Å²) in [7, 11) is 0. The first kappa shape index (κ1) is 18.3. The van der Waals surface area contributed by atoms with E-state index in [-0.39, 0.29) is 24.3 Å². The number of hydrogen-bond acceptors (Lipinski definition) is 5. The molecule has 140 valence electrons. The third-order valence-electron chi connectivity index (χ3n) is 4.56. The van der Waals surface area contributed by atoms with E-state index in [9.17, 15) is 13.6 Å². The van der Waals surface area contributed by atoms with Crippen LogP contribution in [-0.2, 0) is 4.79 Å². The van der Waals surface area contributed by atoms with Gasteiger partial charge in [0.25, 0.3) is 0 Å². The van der Waals surface area contributed by atoms with E-state index in [1.807, 2.05) is 37.3 Å². The number of aromatic nitrogens is 2. The molecule has 1 fully saturated rings. The predicted molar refractivity (Wildman–Crippen MR) is 92.7 cm³/mol. The number of hydrogen-bond donors (Lipinski definition) is 1. The molecule has 0 bridgehead atoms. The lowest BCUT2D eigenvalue weighted by atomic mass is 10.1. The molecule has 1 N–H and O–H groups in total. The van der Waals surface area contributed by atoms with Crippen LogP contribution < -0.4 is 5.32 Å². The summed E-state index contributed by atoms with van der Waals surface area (Å²) >= 11 is 0. The molecule has 1 aliphatic heterocycles. The molecule has 26 heavy (non-hydrogen) atoms. The van der Waals surface area contributed by atoms with Crippen LogP contribution in [0.3, 0.4) is 0 Å². The molecule has 0 aliphatic carbocycles. The topological polar surface area (TPSA) is 71.3 Å². The quantitative estimate of drug-likeness (QED) is 0.815. The second-order valence-corrected chi connectivity index (χ2v) is 6.45. The molecule has 2 heterocycles. The predicted octanol–water partition coefficient (Wildman–Crippen LogP) is 3.43. The second-order valence-electron chi connectivity index (χ2n) is 6.45. The summed E-state index contributed by atoms with van der Waals surface area (Å²) < 4.78 is 30.6. The zero-order valence-electron chi connectivity index (χ0n) is 14.6. The van der Waals surface area contributed by atoms with E-state index >= 15 is 0 Å². The van der Waals surface area contributed by atoms with Crippen LogP contribution in [0.15, 0.2) is 34.7 Å². The van der Waals surface area contributed by atoms with Crippen molar-refractivity contribution in [3.05, 3.63) is 30.3 Å². The number of nitrogens with one attached hydrogen (secondary N) is 1. The van der Waals surface area contributed by atoms with Crippen LogP contribution in [0.5, 0.6) is 0 Å². The molecule has 0 saturated carbocycles. The minimum Gasteiger partial charge on any atom is -0.403 e. The maximum absolute atomic E-state index is 12.7. The number of carbonyl (C=O) groups excluding carboxylic acids is 1. The molecule has 1 saturated heterocycles. The van der Waals surface area contributed by atoms with E-state index in [0.29, 0.717) is 31.8 Å². The van der Waals surface area contributed by atoms with Crippen molar-refractivity contribution in [3.63, 3.8) is 0 Å². The van der Waals surface area contributed by atoms with Gasteiger partial charge in [0.05, 0.1) is 0 Å². The van der Waals surface area contributed by atoms with Gasteiger partial charge < -0.3 is 14.6 Å². The first-order valence-electron chi connectivity index (χ1n) is 8.79. The van der Waals surface area contributed by atoms with Gasteiger partial charge in [0.15, 0.2) is 0 Å². The molecule has 3 rings (SSSR count). The highest BCUT2D eigenvalue weighted by molar-refractivity contribution is 5.84. The Balaban J connectivity index is 1.61. The number of nitrogens with zero attached hydrogens (tertiary/aromatic N) is 3. The van der Waals surface area contributed by atoms with Crippen molar-refractivity contribution in [2.75, 3.05) is 18.4 Å². The van der Waals surface area contributed by atoms with Crippen molar-refractivity contribution >= 4 is 11.9 Å². The average Bonchev–Trinajstić information content (AvgIpc) is 3.29. The van der Waals surface area contributed by atoms with Crippen LogP contribution in [0.25, 0.3) is 11.5 Å². The summed E-state index contributed by atoms with van der Waals surface area (Å²) in [6, 6.07) is 8.99. The third-order valence-corrected chi connectivity index (χ3v) is 4.56. The summed E-state index contributed by atoms with van der Waals surface area (Å²) in [6.45, 7) is 2.75. The van der Waals surface area contributed by atoms with Gasteiger partial charge >= 0.3 is 6.01 Å². The normalized spacial score (nSPS) is 18.3. The Morgan fingerprint density at radius 3 is 2.81 bits per heavy atom. The van der Waals surface area contributed by atoms with E-state index < -0.39 is 12.5 Å². The summed E-state index contributed by atoms with van der Waals surface area (Å²) in [6.07, 6.45) is -1.34. The number of anilines is 1. The Hall–Kier alpha value is -2.51. The highest BCUT2D eigenvalue weighted by Gasteiger charge is 2.32. The fraction of sp³-hybridized carbons (Fsp3) is 0.500. The molecular formula is C18H22F2N4O2. The van der Waals surface area contributed by atoms with E-state index in [1.165, 1.54) is 0 Å². The van der Waals surface area contributed by atoms with Gasteiger partial charge in [-0.1, -0.05) is 30.2 Å². The first-order valence-corrected chi connectivity index (χ1v) is 8.79. The third kappa shape index (κ3) is 4.36. The lowest BCUT2D eigenvalue weighted by Gasteiger charge is -2.22. The van der Waals surface area contributed by atoms with Gasteiger partial charge in [0.2, 0.25) is 18.2 Å². The van der Waals surface area contributed by atoms with Gasteiger partial charge in [-0.2, -0.15) is 0 Å². The number of halogens is 2. The van der Waals surface area contributed by atoms with Crippen molar-refractivity contribution in [2.24, 2.45) is 5.92 Å². The standard InChI is InChI=1S/C18H22F2N4O2/c1-2-14(17(25)24-9-8-12(11-24)10-15(19)20)21-18-23-22-16(26-18)13-6-4-3-5-7-13/h3-7,12,14-15H,2,8-11H2,1H3,(H,21,23). The Kier molecular flexibility index (Phi) is 5.80. The van der Waals surface area contributed by atoms with Crippen LogP contribution in [0.2, 0.25) is 0 Å². The molecule has 2 atom stereocenters. The second kappa shape index (κ2) is 8.25. The number of alkyl halides is 2. The summed E-state index contributed by atoms with van der Waals surface area (Å²) in [5.74, 6) is 0.113. The largest absolute Gasteiger partial charge is 0.403 e. The minimum atomic E-state index is -2.33. The SMILES string of the molecule is CCC(Nc1nnc(-c2ccccc2)o1)C(=O)N1CCC(CC(F)F)C1. The molecule has 6 nitrogen and oxygen atoms in total. The van der Waals surface area contributed by atoms with E-state index in [1.54, 1.807) is 4.90 Å². The van der Waals surface area contributed by atoms with E-state index in [2.05, 4.69) is 15.5 Å². The first-order chi connectivity index (χ1) is 12.6. The molecule has 0 radical (unpaired) electrons. The smallest absolute Gasteiger partial charge is 0.316 e.